The van der Waals surface area contributed by atoms with Gasteiger partial charge in [-0.2, -0.15) is 0 Å². The average molecular weight is 317 g/mol. The second-order valence-electron chi connectivity index (χ2n) is 6.33. The van der Waals surface area contributed by atoms with Crippen LogP contribution in [0, 0.1) is 0 Å². The fourth-order valence-corrected chi connectivity index (χ4v) is 3.42. The van der Waals surface area contributed by atoms with E-state index in [0.717, 1.165) is 51.9 Å². The van der Waals surface area contributed by atoms with Crippen LogP contribution in [0.5, 0.6) is 0 Å². The largest absolute Gasteiger partial charge is 0.450 e. The second-order valence-corrected chi connectivity index (χ2v) is 6.33. The molecule has 1 amide bonds. The van der Waals surface area contributed by atoms with Crippen LogP contribution in [0.15, 0.2) is 18.2 Å². The summed E-state index contributed by atoms with van der Waals surface area (Å²) in [5, 5.41) is 7.03. The lowest BCUT2D eigenvalue weighted by Crippen LogP contribution is -2.45. The summed E-state index contributed by atoms with van der Waals surface area (Å²) < 4.78 is 5.05. The molecular weight excluding hydrogens is 290 g/mol. The van der Waals surface area contributed by atoms with Crippen LogP contribution in [0.2, 0.25) is 0 Å². The molecule has 5 nitrogen and oxygen atoms in total. The molecular formula is C18H27N3O2. The maximum atomic E-state index is 11.7. The third kappa shape index (κ3) is 4.16. The topological polar surface area (TPSA) is 53.6 Å². The summed E-state index contributed by atoms with van der Waals surface area (Å²) >= 11 is 0. The van der Waals surface area contributed by atoms with E-state index < -0.39 is 0 Å². The van der Waals surface area contributed by atoms with Gasteiger partial charge in [0.1, 0.15) is 0 Å². The van der Waals surface area contributed by atoms with E-state index in [1.807, 2.05) is 11.8 Å². The molecule has 1 aromatic carbocycles. The number of nitrogens with zero attached hydrogens (tertiary/aromatic N) is 1. The maximum Gasteiger partial charge on any atom is 0.409 e. The minimum Gasteiger partial charge on any atom is -0.450 e. The molecule has 1 saturated heterocycles. The molecule has 0 unspecified atom stereocenters. The lowest BCUT2D eigenvalue weighted by Gasteiger charge is -2.31. The molecule has 0 saturated carbocycles. The SMILES string of the molecule is CCOC(=O)N1CCC(NCCc2ccc3c(c2)CCN3)CC1. The van der Waals surface area contributed by atoms with Crippen molar-refractivity contribution in [1.82, 2.24) is 10.2 Å². The Labute approximate surface area is 138 Å². The first-order valence-electron chi connectivity index (χ1n) is 8.77. The molecule has 2 heterocycles. The van der Waals surface area contributed by atoms with E-state index in [1.54, 1.807) is 0 Å². The van der Waals surface area contributed by atoms with Crippen molar-refractivity contribution in [2.24, 2.45) is 0 Å². The summed E-state index contributed by atoms with van der Waals surface area (Å²) in [6, 6.07) is 7.27. The molecule has 0 aliphatic carbocycles. The molecule has 2 N–H and O–H groups in total. The van der Waals surface area contributed by atoms with Gasteiger partial charge in [0, 0.05) is 31.4 Å². The van der Waals surface area contributed by atoms with Crippen LogP contribution in [0.3, 0.4) is 0 Å². The number of anilines is 1. The Hall–Kier alpha value is -1.75. The highest BCUT2D eigenvalue weighted by molar-refractivity contribution is 5.67. The molecule has 2 aliphatic rings. The van der Waals surface area contributed by atoms with Gasteiger partial charge in [0.25, 0.3) is 0 Å². The van der Waals surface area contributed by atoms with Crippen LogP contribution in [0.1, 0.15) is 30.9 Å². The van der Waals surface area contributed by atoms with Gasteiger partial charge >= 0.3 is 6.09 Å². The number of amides is 1. The first-order valence-corrected chi connectivity index (χ1v) is 8.77. The van der Waals surface area contributed by atoms with Crippen molar-refractivity contribution in [2.75, 3.05) is 38.1 Å². The Morgan fingerprint density at radius 3 is 3.00 bits per heavy atom. The van der Waals surface area contributed by atoms with Crippen LogP contribution in [-0.4, -0.2) is 49.8 Å². The molecule has 1 fully saturated rings. The zero-order valence-electron chi connectivity index (χ0n) is 13.9. The summed E-state index contributed by atoms with van der Waals surface area (Å²) in [6.07, 6.45) is 4.05. The highest BCUT2D eigenvalue weighted by Crippen LogP contribution is 2.23. The van der Waals surface area contributed by atoms with Crippen molar-refractivity contribution < 1.29 is 9.53 Å². The second kappa shape index (κ2) is 7.68. The predicted molar refractivity (Wildman–Crippen MR) is 92.0 cm³/mol. The standard InChI is InChI=1S/C18H27N3O2/c1-2-23-18(22)21-11-7-16(8-12-21)19-9-5-14-3-4-17-15(13-14)6-10-20-17/h3-4,13,16,19-20H,2,5-12H2,1H3. The average Bonchev–Trinajstić information content (AvgIpc) is 3.03. The Kier molecular flexibility index (Phi) is 5.39. The molecule has 126 valence electrons. The van der Waals surface area contributed by atoms with Crippen molar-refractivity contribution in [2.45, 2.75) is 38.6 Å². The van der Waals surface area contributed by atoms with Crippen molar-refractivity contribution in [3.8, 4) is 0 Å². The monoisotopic (exact) mass is 317 g/mol. The first-order chi connectivity index (χ1) is 11.3. The molecule has 0 aromatic heterocycles. The van der Waals surface area contributed by atoms with E-state index in [4.69, 9.17) is 4.74 Å². The third-order valence-electron chi connectivity index (χ3n) is 4.75. The Morgan fingerprint density at radius 1 is 1.39 bits per heavy atom. The van der Waals surface area contributed by atoms with Crippen molar-refractivity contribution >= 4 is 11.8 Å². The summed E-state index contributed by atoms with van der Waals surface area (Å²) in [5.41, 5.74) is 4.15. The number of nitrogens with one attached hydrogen (secondary N) is 2. The van der Waals surface area contributed by atoms with E-state index in [-0.39, 0.29) is 6.09 Å². The summed E-state index contributed by atoms with van der Waals surface area (Å²) in [4.78, 5) is 13.5. The third-order valence-corrected chi connectivity index (χ3v) is 4.75. The van der Waals surface area contributed by atoms with E-state index in [1.165, 1.54) is 16.8 Å². The van der Waals surface area contributed by atoms with Gasteiger partial charge in [0.05, 0.1) is 6.61 Å². The Bertz CT molecular complexity index is 539. The zero-order chi connectivity index (χ0) is 16.1. The number of benzene rings is 1. The fraction of sp³-hybridized carbons (Fsp3) is 0.611. The van der Waals surface area contributed by atoms with Crippen molar-refractivity contribution in [3.05, 3.63) is 29.3 Å². The number of hydrogen-bond donors (Lipinski definition) is 2. The highest BCUT2D eigenvalue weighted by Gasteiger charge is 2.23. The van der Waals surface area contributed by atoms with Crippen LogP contribution in [-0.2, 0) is 17.6 Å². The lowest BCUT2D eigenvalue weighted by atomic mass is 10.0. The Morgan fingerprint density at radius 2 is 2.22 bits per heavy atom. The quantitative estimate of drug-likeness (QED) is 0.876. The molecule has 0 radical (unpaired) electrons. The smallest absolute Gasteiger partial charge is 0.409 e. The number of carbonyl (C=O) groups is 1. The number of piperidine rings is 1. The molecule has 0 atom stereocenters. The molecule has 1 aromatic rings. The molecule has 23 heavy (non-hydrogen) atoms. The number of fused-ring (bicyclic) bond motifs is 1. The molecule has 0 spiro atoms. The van der Waals surface area contributed by atoms with Gasteiger partial charge < -0.3 is 20.3 Å². The van der Waals surface area contributed by atoms with Gasteiger partial charge in [0.15, 0.2) is 0 Å². The minimum absolute atomic E-state index is 0.169. The zero-order valence-corrected chi connectivity index (χ0v) is 13.9. The van der Waals surface area contributed by atoms with E-state index in [0.29, 0.717) is 12.6 Å². The molecule has 0 bridgehead atoms. The summed E-state index contributed by atoms with van der Waals surface area (Å²) in [7, 11) is 0. The van der Waals surface area contributed by atoms with Crippen LogP contribution in [0.4, 0.5) is 10.5 Å². The molecule has 2 aliphatic heterocycles. The number of hydrogen-bond acceptors (Lipinski definition) is 4. The minimum atomic E-state index is -0.169. The Balaban J connectivity index is 1.38. The number of likely N-dealkylation sites (tertiary alicyclic amines) is 1. The fourth-order valence-electron chi connectivity index (χ4n) is 3.42. The van der Waals surface area contributed by atoms with Gasteiger partial charge in [-0.3, -0.25) is 0 Å². The highest BCUT2D eigenvalue weighted by atomic mass is 16.6. The van der Waals surface area contributed by atoms with Gasteiger partial charge in [0.2, 0.25) is 0 Å². The van der Waals surface area contributed by atoms with E-state index in [9.17, 15) is 4.79 Å². The van der Waals surface area contributed by atoms with Gasteiger partial charge in [-0.05, 0) is 56.3 Å². The predicted octanol–water partition coefficient (Wildman–Crippen LogP) is 2.41. The molecule has 3 rings (SSSR count). The van der Waals surface area contributed by atoms with Gasteiger partial charge in [-0.25, -0.2) is 4.79 Å². The normalized spacial score (nSPS) is 17.7. The van der Waals surface area contributed by atoms with Gasteiger partial charge in [-0.1, -0.05) is 12.1 Å². The lowest BCUT2D eigenvalue weighted by molar-refractivity contribution is 0.0952. The van der Waals surface area contributed by atoms with Crippen molar-refractivity contribution in [3.63, 3.8) is 0 Å². The maximum absolute atomic E-state index is 11.7. The van der Waals surface area contributed by atoms with Crippen molar-refractivity contribution in [1.29, 1.82) is 0 Å². The first kappa shape index (κ1) is 16.1. The van der Waals surface area contributed by atoms with E-state index in [2.05, 4.69) is 28.8 Å². The van der Waals surface area contributed by atoms with Crippen LogP contribution >= 0.6 is 0 Å². The number of rotatable bonds is 5. The number of carbonyl (C=O) groups excluding carboxylic acids is 1. The van der Waals surface area contributed by atoms with E-state index >= 15 is 0 Å². The summed E-state index contributed by atoms with van der Waals surface area (Å²) in [5.74, 6) is 0. The summed E-state index contributed by atoms with van der Waals surface area (Å²) in [6.45, 7) is 5.95. The van der Waals surface area contributed by atoms with Gasteiger partial charge in [-0.15, -0.1) is 0 Å². The van der Waals surface area contributed by atoms with Crippen LogP contribution < -0.4 is 10.6 Å². The molecule has 5 heteroatoms. The van der Waals surface area contributed by atoms with Crippen LogP contribution in [0.25, 0.3) is 0 Å². The number of ether oxygens (including phenoxy) is 1.